The van der Waals surface area contributed by atoms with Crippen LogP contribution in [0.25, 0.3) is 0 Å². The van der Waals surface area contributed by atoms with Gasteiger partial charge in [-0.1, -0.05) is 60.7 Å². The van der Waals surface area contributed by atoms with Gasteiger partial charge in [0.15, 0.2) is 0 Å². The molecule has 0 fully saturated rings. The third-order valence-corrected chi connectivity index (χ3v) is 5.34. The van der Waals surface area contributed by atoms with Crippen LogP contribution in [-0.2, 0) is 9.53 Å². The highest BCUT2D eigenvalue weighted by molar-refractivity contribution is 5.71. The molecule has 0 amide bonds. The number of esters is 1. The molecular formula is C29H26N4O2. The molecular weight excluding hydrogens is 436 g/mol. The maximum absolute atomic E-state index is 12.4. The van der Waals surface area contributed by atoms with E-state index in [0.29, 0.717) is 6.61 Å². The number of rotatable bonds is 9. The second-order valence-electron chi connectivity index (χ2n) is 7.82. The Kier molecular flexibility index (Phi) is 8.22. The number of azo groups is 2. The Balaban J connectivity index is 1.53. The normalized spacial score (nSPS) is 11.4. The van der Waals surface area contributed by atoms with E-state index in [-0.39, 0.29) is 18.3 Å². The van der Waals surface area contributed by atoms with Gasteiger partial charge in [0.2, 0.25) is 0 Å². The van der Waals surface area contributed by atoms with E-state index in [1.165, 1.54) is 0 Å². The Hall–Kier alpha value is -4.45. The first-order valence-corrected chi connectivity index (χ1v) is 11.5. The molecule has 4 aromatic rings. The fraction of sp³-hybridized carbons (Fsp3) is 0.138. The fourth-order valence-electron chi connectivity index (χ4n) is 3.58. The molecule has 0 radical (unpaired) electrons. The molecule has 174 valence electrons. The minimum atomic E-state index is -0.238. The Morgan fingerprint density at radius 1 is 0.600 bits per heavy atom. The van der Waals surface area contributed by atoms with Crippen LogP contribution in [0, 0.1) is 0 Å². The first-order valence-electron chi connectivity index (χ1n) is 11.5. The lowest BCUT2D eigenvalue weighted by atomic mass is 9.88. The van der Waals surface area contributed by atoms with Gasteiger partial charge in [0.25, 0.3) is 0 Å². The monoisotopic (exact) mass is 462 g/mol. The van der Waals surface area contributed by atoms with Crippen molar-refractivity contribution in [1.29, 1.82) is 0 Å². The lowest BCUT2D eigenvalue weighted by Gasteiger charge is -2.17. The maximum atomic E-state index is 12.4. The molecule has 6 nitrogen and oxygen atoms in total. The van der Waals surface area contributed by atoms with Crippen LogP contribution in [-0.4, -0.2) is 12.6 Å². The molecule has 0 bridgehead atoms. The van der Waals surface area contributed by atoms with Crippen molar-refractivity contribution in [1.82, 2.24) is 0 Å². The van der Waals surface area contributed by atoms with E-state index in [2.05, 4.69) is 20.5 Å². The van der Waals surface area contributed by atoms with Crippen LogP contribution in [0.3, 0.4) is 0 Å². The first-order chi connectivity index (χ1) is 17.2. The predicted octanol–water partition coefficient (Wildman–Crippen LogP) is 8.60. The molecule has 4 rings (SSSR count). The number of hydrogen-bond donors (Lipinski definition) is 0. The van der Waals surface area contributed by atoms with Gasteiger partial charge in [0, 0.05) is 5.92 Å². The number of carbonyl (C=O) groups excluding carboxylic acids is 1. The summed E-state index contributed by atoms with van der Waals surface area (Å²) in [6.45, 7) is 2.16. The molecule has 0 heterocycles. The Morgan fingerprint density at radius 3 is 1.34 bits per heavy atom. The van der Waals surface area contributed by atoms with Crippen molar-refractivity contribution in [2.75, 3.05) is 6.61 Å². The molecule has 0 atom stereocenters. The highest BCUT2D eigenvalue weighted by Gasteiger charge is 2.19. The van der Waals surface area contributed by atoms with E-state index in [1.54, 1.807) is 0 Å². The van der Waals surface area contributed by atoms with Gasteiger partial charge < -0.3 is 4.74 Å². The second kappa shape index (κ2) is 12.1. The van der Waals surface area contributed by atoms with Gasteiger partial charge >= 0.3 is 5.97 Å². The molecule has 0 spiro atoms. The second-order valence-corrected chi connectivity index (χ2v) is 7.82. The van der Waals surface area contributed by atoms with E-state index >= 15 is 0 Å². The molecule has 0 aliphatic rings. The van der Waals surface area contributed by atoms with E-state index in [1.807, 2.05) is 116 Å². The molecule has 6 heteroatoms. The zero-order valence-corrected chi connectivity index (χ0v) is 19.5. The van der Waals surface area contributed by atoms with Gasteiger partial charge in [-0.15, -0.1) is 0 Å². The summed E-state index contributed by atoms with van der Waals surface area (Å²) in [5.41, 5.74) is 5.06. The summed E-state index contributed by atoms with van der Waals surface area (Å²) in [6.07, 6.45) is 0.240. The minimum Gasteiger partial charge on any atom is -0.466 e. The van der Waals surface area contributed by atoms with Crippen molar-refractivity contribution < 1.29 is 9.53 Å². The van der Waals surface area contributed by atoms with E-state index in [0.717, 1.165) is 33.9 Å². The lowest BCUT2D eigenvalue weighted by molar-refractivity contribution is -0.143. The zero-order valence-electron chi connectivity index (χ0n) is 19.5. The molecule has 0 aliphatic carbocycles. The standard InChI is InChI=1S/C29H26N4O2/c1-2-35-29(34)21-28(22-13-17-26(18-14-22)32-30-24-9-5-3-6-10-24)23-15-19-27(20-16-23)33-31-25-11-7-4-8-12-25/h3-20,28H,2,21H2,1H3/b32-30+,33-31+. The number of nitrogens with zero attached hydrogens (tertiary/aromatic N) is 4. The average Bonchev–Trinajstić information content (AvgIpc) is 2.91. The van der Waals surface area contributed by atoms with Crippen LogP contribution in [0.15, 0.2) is 130 Å². The molecule has 4 aromatic carbocycles. The van der Waals surface area contributed by atoms with E-state index in [9.17, 15) is 4.79 Å². The largest absolute Gasteiger partial charge is 0.466 e. The minimum absolute atomic E-state index is 0.158. The van der Waals surface area contributed by atoms with E-state index in [4.69, 9.17) is 4.74 Å². The number of carbonyl (C=O) groups is 1. The molecule has 0 N–H and O–H groups in total. The highest BCUT2D eigenvalue weighted by Crippen LogP contribution is 2.32. The third-order valence-electron chi connectivity index (χ3n) is 5.34. The van der Waals surface area contributed by atoms with Crippen LogP contribution in [0.1, 0.15) is 30.4 Å². The van der Waals surface area contributed by atoms with Crippen molar-refractivity contribution >= 4 is 28.7 Å². The van der Waals surface area contributed by atoms with Crippen LogP contribution in [0.2, 0.25) is 0 Å². The van der Waals surface area contributed by atoms with Crippen LogP contribution < -0.4 is 0 Å². The highest BCUT2D eigenvalue weighted by atomic mass is 16.5. The summed E-state index contributed by atoms with van der Waals surface area (Å²) in [5, 5.41) is 17.1. The van der Waals surface area contributed by atoms with Gasteiger partial charge in [0.1, 0.15) is 0 Å². The van der Waals surface area contributed by atoms with Gasteiger partial charge in [-0.25, -0.2) is 0 Å². The van der Waals surface area contributed by atoms with Gasteiger partial charge in [-0.3, -0.25) is 4.79 Å². The average molecular weight is 463 g/mol. The van der Waals surface area contributed by atoms with Crippen molar-refractivity contribution in [3.63, 3.8) is 0 Å². The molecule has 0 aromatic heterocycles. The fourth-order valence-corrected chi connectivity index (χ4v) is 3.58. The molecule has 0 unspecified atom stereocenters. The Morgan fingerprint density at radius 2 is 0.971 bits per heavy atom. The number of benzene rings is 4. The summed E-state index contributed by atoms with van der Waals surface area (Å²) < 4.78 is 5.23. The zero-order chi connectivity index (χ0) is 24.3. The SMILES string of the molecule is CCOC(=O)CC(c1ccc(/N=N/c2ccccc2)cc1)c1ccc(/N=N/c2ccccc2)cc1. The lowest BCUT2D eigenvalue weighted by Crippen LogP contribution is -2.11. The molecule has 0 aliphatic heterocycles. The summed E-state index contributed by atoms with van der Waals surface area (Å²) >= 11 is 0. The van der Waals surface area contributed by atoms with Crippen molar-refractivity contribution in [3.8, 4) is 0 Å². The summed E-state index contributed by atoms with van der Waals surface area (Å²) in [5.74, 6) is -0.396. The third kappa shape index (κ3) is 7.01. The topological polar surface area (TPSA) is 75.7 Å². The number of hydrogen-bond acceptors (Lipinski definition) is 6. The first kappa shape index (κ1) is 23.7. The van der Waals surface area contributed by atoms with Crippen LogP contribution in [0.5, 0.6) is 0 Å². The summed E-state index contributed by atoms with van der Waals surface area (Å²) in [6, 6.07) is 34.7. The molecule has 0 saturated heterocycles. The van der Waals surface area contributed by atoms with Crippen molar-refractivity contribution in [2.45, 2.75) is 19.3 Å². The molecule has 35 heavy (non-hydrogen) atoms. The smallest absolute Gasteiger partial charge is 0.306 e. The summed E-state index contributed by atoms with van der Waals surface area (Å²) in [7, 11) is 0. The van der Waals surface area contributed by atoms with Gasteiger partial charge in [0.05, 0.1) is 35.8 Å². The Bertz CT molecular complexity index is 1180. The molecule has 0 saturated carbocycles. The van der Waals surface area contributed by atoms with Crippen LogP contribution in [0.4, 0.5) is 22.7 Å². The Labute approximate surface area is 205 Å². The van der Waals surface area contributed by atoms with Gasteiger partial charge in [-0.2, -0.15) is 20.5 Å². The quantitative estimate of drug-likeness (QED) is 0.184. The van der Waals surface area contributed by atoms with Crippen molar-refractivity contribution in [3.05, 3.63) is 120 Å². The van der Waals surface area contributed by atoms with Crippen LogP contribution >= 0.6 is 0 Å². The van der Waals surface area contributed by atoms with Crippen molar-refractivity contribution in [2.24, 2.45) is 20.5 Å². The predicted molar refractivity (Wildman–Crippen MR) is 137 cm³/mol. The van der Waals surface area contributed by atoms with E-state index < -0.39 is 0 Å². The number of ether oxygens (including phenoxy) is 1. The maximum Gasteiger partial charge on any atom is 0.306 e. The summed E-state index contributed by atoms with van der Waals surface area (Å²) in [4.78, 5) is 12.4. The van der Waals surface area contributed by atoms with Gasteiger partial charge in [-0.05, 0) is 66.6 Å².